The van der Waals surface area contributed by atoms with Crippen LogP contribution in [0.15, 0.2) is 90.3 Å². The second kappa shape index (κ2) is 9.31. The van der Waals surface area contributed by atoms with Gasteiger partial charge in [-0.2, -0.15) is 0 Å². The fourth-order valence-electron chi connectivity index (χ4n) is 4.19. The summed E-state index contributed by atoms with van der Waals surface area (Å²) in [7, 11) is 0. The van der Waals surface area contributed by atoms with E-state index in [1.807, 2.05) is 19.1 Å². The Hall–Kier alpha value is -4.26. The van der Waals surface area contributed by atoms with Crippen LogP contribution < -0.4 is 10.2 Å². The Bertz CT molecular complexity index is 1250. The first-order chi connectivity index (χ1) is 16.4. The number of pyridine rings is 1. The minimum Gasteiger partial charge on any atom is -0.462 e. The van der Waals surface area contributed by atoms with E-state index in [1.54, 1.807) is 74.5 Å². The Morgan fingerprint density at radius 1 is 0.971 bits per heavy atom. The van der Waals surface area contributed by atoms with Crippen LogP contribution in [0.3, 0.4) is 0 Å². The summed E-state index contributed by atoms with van der Waals surface area (Å²) in [6, 6.07) is 21.0. The molecule has 1 aliphatic rings. The molecule has 7 nitrogen and oxygen atoms in total. The third-order valence-corrected chi connectivity index (χ3v) is 5.77. The molecule has 1 unspecified atom stereocenters. The van der Waals surface area contributed by atoms with Gasteiger partial charge >= 0.3 is 5.97 Å². The third-order valence-electron chi connectivity index (χ3n) is 5.77. The lowest BCUT2D eigenvalue weighted by Gasteiger charge is -2.32. The maximum Gasteiger partial charge on any atom is 0.339 e. The first-order valence-electron chi connectivity index (χ1n) is 11.0. The highest BCUT2D eigenvalue weighted by atomic mass is 16.5. The number of rotatable bonds is 6. The van der Waals surface area contributed by atoms with Crippen molar-refractivity contribution in [2.75, 3.05) is 11.5 Å². The standard InChI is InChI=1S/C27H25N3O4/c1-4-34-25(32)23-19(3)30(21-15-13-18(2)14-16-21)26(33)27(23,20-10-6-5-7-11-20)29-24(31)22-12-8-9-17-28-22/h5-17H,4H2,1-3H3,(H,29,31). The predicted octanol–water partition coefficient (Wildman–Crippen LogP) is 3.90. The molecule has 4 rings (SSSR count). The van der Waals surface area contributed by atoms with E-state index in [-0.39, 0.29) is 17.9 Å². The van der Waals surface area contributed by atoms with Crippen molar-refractivity contribution in [2.45, 2.75) is 26.3 Å². The number of aryl methyl sites for hydroxylation is 1. The van der Waals surface area contributed by atoms with Gasteiger partial charge in [0.2, 0.25) is 0 Å². The highest BCUT2D eigenvalue weighted by molar-refractivity contribution is 6.18. The van der Waals surface area contributed by atoms with Gasteiger partial charge in [-0.25, -0.2) is 4.79 Å². The molecule has 1 aromatic heterocycles. The maximum atomic E-state index is 14.3. The summed E-state index contributed by atoms with van der Waals surface area (Å²) in [4.78, 5) is 46.5. The average molecular weight is 456 g/mol. The van der Waals surface area contributed by atoms with Crippen molar-refractivity contribution in [3.63, 3.8) is 0 Å². The summed E-state index contributed by atoms with van der Waals surface area (Å²) >= 11 is 0. The fraction of sp³-hybridized carbons (Fsp3) is 0.185. The van der Waals surface area contributed by atoms with Crippen LogP contribution in [-0.2, 0) is 19.9 Å². The Morgan fingerprint density at radius 3 is 2.26 bits per heavy atom. The number of nitrogens with zero attached hydrogens (tertiary/aromatic N) is 2. The Morgan fingerprint density at radius 2 is 1.65 bits per heavy atom. The van der Waals surface area contributed by atoms with Gasteiger partial charge in [-0.1, -0.05) is 54.1 Å². The molecule has 7 heteroatoms. The molecule has 1 aliphatic heterocycles. The lowest BCUT2D eigenvalue weighted by atomic mass is 9.82. The molecule has 3 aromatic rings. The van der Waals surface area contributed by atoms with E-state index in [0.717, 1.165) is 5.56 Å². The quantitative estimate of drug-likeness (QED) is 0.570. The van der Waals surface area contributed by atoms with Crippen LogP contribution in [0.25, 0.3) is 0 Å². The normalized spacial score (nSPS) is 17.6. The highest BCUT2D eigenvalue weighted by Crippen LogP contribution is 2.44. The van der Waals surface area contributed by atoms with Gasteiger partial charge in [0.05, 0.1) is 12.2 Å². The van der Waals surface area contributed by atoms with E-state index >= 15 is 0 Å². The van der Waals surface area contributed by atoms with E-state index in [1.165, 1.54) is 11.1 Å². The summed E-state index contributed by atoms with van der Waals surface area (Å²) < 4.78 is 5.37. The number of hydrogen-bond acceptors (Lipinski definition) is 5. The number of ether oxygens (including phenoxy) is 1. The van der Waals surface area contributed by atoms with Crippen molar-refractivity contribution in [1.82, 2.24) is 10.3 Å². The minimum atomic E-state index is -1.79. The molecule has 172 valence electrons. The van der Waals surface area contributed by atoms with Gasteiger partial charge < -0.3 is 10.1 Å². The number of nitrogens with one attached hydrogen (secondary N) is 1. The summed E-state index contributed by atoms with van der Waals surface area (Å²) in [6.07, 6.45) is 1.49. The molecule has 0 saturated heterocycles. The van der Waals surface area contributed by atoms with E-state index < -0.39 is 23.3 Å². The molecular formula is C27H25N3O4. The molecule has 0 bridgehead atoms. The summed E-state index contributed by atoms with van der Waals surface area (Å²) in [6.45, 7) is 5.44. The van der Waals surface area contributed by atoms with E-state index in [4.69, 9.17) is 4.74 Å². The fourth-order valence-corrected chi connectivity index (χ4v) is 4.19. The number of anilines is 1. The van der Waals surface area contributed by atoms with Crippen molar-refractivity contribution in [3.8, 4) is 0 Å². The van der Waals surface area contributed by atoms with Crippen LogP contribution in [0, 0.1) is 6.92 Å². The van der Waals surface area contributed by atoms with Gasteiger partial charge in [-0.15, -0.1) is 0 Å². The molecule has 2 aromatic carbocycles. The Labute approximate surface area is 198 Å². The topological polar surface area (TPSA) is 88.6 Å². The highest BCUT2D eigenvalue weighted by Gasteiger charge is 2.57. The largest absolute Gasteiger partial charge is 0.462 e. The molecule has 0 spiro atoms. The van der Waals surface area contributed by atoms with Crippen LogP contribution in [0.4, 0.5) is 5.69 Å². The predicted molar refractivity (Wildman–Crippen MR) is 128 cm³/mol. The number of esters is 1. The minimum absolute atomic E-state index is 0.0652. The molecule has 0 fully saturated rings. The summed E-state index contributed by atoms with van der Waals surface area (Å²) in [5.74, 6) is -1.74. The zero-order valence-electron chi connectivity index (χ0n) is 19.2. The van der Waals surface area contributed by atoms with E-state index in [0.29, 0.717) is 16.9 Å². The van der Waals surface area contributed by atoms with Gasteiger partial charge in [0, 0.05) is 17.6 Å². The lowest BCUT2D eigenvalue weighted by molar-refractivity contribution is -0.140. The smallest absolute Gasteiger partial charge is 0.339 e. The lowest BCUT2D eigenvalue weighted by Crippen LogP contribution is -2.55. The van der Waals surface area contributed by atoms with Crippen molar-refractivity contribution < 1.29 is 19.1 Å². The zero-order chi connectivity index (χ0) is 24.3. The molecule has 34 heavy (non-hydrogen) atoms. The molecule has 0 radical (unpaired) electrons. The monoisotopic (exact) mass is 455 g/mol. The van der Waals surface area contributed by atoms with Gasteiger partial charge in [-0.3, -0.25) is 19.5 Å². The van der Waals surface area contributed by atoms with Crippen LogP contribution in [0.2, 0.25) is 0 Å². The number of hydrogen-bond donors (Lipinski definition) is 1. The molecule has 0 saturated carbocycles. The third kappa shape index (κ3) is 3.85. The molecule has 1 N–H and O–H groups in total. The van der Waals surface area contributed by atoms with Gasteiger partial charge in [0.1, 0.15) is 5.69 Å². The summed E-state index contributed by atoms with van der Waals surface area (Å²) in [5, 5.41) is 2.85. The number of benzene rings is 2. The van der Waals surface area contributed by atoms with Crippen molar-refractivity contribution in [1.29, 1.82) is 0 Å². The number of carbonyl (C=O) groups is 3. The second-order valence-corrected chi connectivity index (χ2v) is 7.94. The van der Waals surface area contributed by atoms with Crippen LogP contribution >= 0.6 is 0 Å². The first kappa shape index (κ1) is 22.9. The Kier molecular flexibility index (Phi) is 6.27. The maximum absolute atomic E-state index is 14.3. The Balaban J connectivity index is 1.95. The molecule has 2 amide bonds. The molecule has 1 atom stereocenters. The van der Waals surface area contributed by atoms with Crippen LogP contribution in [-0.4, -0.2) is 29.4 Å². The van der Waals surface area contributed by atoms with Crippen LogP contribution in [0.5, 0.6) is 0 Å². The zero-order valence-corrected chi connectivity index (χ0v) is 19.2. The van der Waals surface area contributed by atoms with Gasteiger partial charge in [0.15, 0.2) is 5.54 Å². The van der Waals surface area contributed by atoms with Gasteiger partial charge in [-0.05, 0) is 50.6 Å². The second-order valence-electron chi connectivity index (χ2n) is 7.94. The number of allylic oxidation sites excluding steroid dienone is 1. The molecule has 2 heterocycles. The van der Waals surface area contributed by atoms with E-state index in [2.05, 4.69) is 10.3 Å². The average Bonchev–Trinajstić information content (AvgIpc) is 3.07. The summed E-state index contributed by atoms with van der Waals surface area (Å²) in [5.41, 5.74) is 0.839. The SMILES string of the molecule is CCOC(=O)C1=C(C)N(c2ccc(C)cc2)C(=O)C1(NC(=O)c1ccccn1)c1ccccc1. The number of amides is 2. The van der Waals surface area contributed by atoms with Crippen molar-refractivity contribution >= 4 is 23.5 Å². The first-order valence-corrected chi connectivity index (χ1v) is 11.0. The van der Waals surface area contributed by atoms with Crippen molar-refractivity contribution in [3.05, 3.63) is 107 Å². The number of aromatic nitrogens is 1. The van der Waals surface area contributed by atoms with Gasteiger partial charge in [0.25, 0.3) is 11.8 Å². The molecule has 0 aliphatic carbocycles. The van der Waals surface area contributed by atoms with Crippen LogP contribution in [0.1, 0.15) is 35.5 Å². The van der Waals surface area contributed by atoms with E-state index in [9.17, 15) is 14.4 Å². The van der Waals surface area contributed by atoms with Crippen molar-refractivity contribution in [2.24, 2.45) is 0 Å². The number of carbonyl (C=O) groups excluding carboxylic acids is 3. The molecular weight excluding hydrogens is 430 g/mol.